The van der Waals surface area contributed by atoms with Crippen molar-refractivity contribution >= 4 is 35.0 Å². The molecule has 0 fully saturated rings. The summed E-state index contributed by atoms with van der Waals surface area (Å²) in [6.07, 6.45) is 2.69. The van der Waals surface area contributed by atoms with E-state index >= 15 is 0 Å². The average molecular weight is 366 g/mol. The molecule has 0 aliphatic rings. The number of nitrogens with zero attached hydrogens (tertiary/aromatic N) is 3. The first kappa shape index (κ1) is 18.4. The van der Waals surface area contributed by atoms with E-state index < -0.39 is 17.6 Å². The number of esters is 1. The minimum absolute atomic E-state index is 0.0603. The number of rotatable bonds is 7. The Balaban J connectivity index is 2.72. The molecule has 0 bridgehead atoms. The molecular weight excluding hydrogens is 350 g/mol. The van der Waals surface area contributed by atoms with Gasteiger partial charge in [-0.15, -0.1) is 11.6 Å². The molecule has 25 heavy (non-hydrogen) atoms. The van der Waals surface area contributed by atoms with Crippen LogP contribution in [0.1, 0.15) is 16.1 Å². The van der Waals surface area contributed by atoms with Crippen LogP contribution in [0, 0.1) is 0 Å². The predicted molar refractivity (Wildman–Crippen MR) is 91.0 cm³/mol. The van der Waals surface area contributed by atoms with Gasteiger partial charge >= 0.3 is 11.7 Å². The van der Waals surface area contributed by atoms with Gasteiger partial charge in [0.05, 0.1) is 31.1 Å². The van der Waals surface area contributed by atoms with Gasteiger partial charge < -0.3 is 15.8 Å². The molecule has 0 aliphatic heterocycles. The summed E-state index contributed by atoms with van der Waals surface area (Å²) in [5, 5.41) is 2.94. The fraction of sp³-hybridized carbons (Fsp3) is 0.267. The Kier molecular flexibility index (Phi) is 6.07. The maximum Gasteiger partial charge on any atom is 0.349 e. The van der Waals surface area contributed by atoms with Gasteiger partial charge in [-0.1, -0.05) is 0 Å². The third kappa shape index (κ3) is 4.32. The minimum Gasteiger partial charge on any atom is -0.465 e. The molecule has 0 spiro atoms. The SMILES string of the molecule is COC(=O)c1c(CC(N)=O)nc(=O)n(CCCl)c1Nc1cccnc1. The first-order valence-corrected chi connectivity index (χ1v) is 7.74. The van der Waals surface area contributed by atoms with Crippen molar-refractivity contribution in [3.05, 3.63) is 46.3 Å². The van der Waals surface area contributed by atoms with Crippen LogP contribution in [-0.2, 0) is 22.5 Å². The Bertz CT molecular complexity index is 838. The highest BCUT2D eigenvalue weighted by Gasteiger charge is 2.24. The summed E-state index contributed by atoms with van der Waals surface area (Å²) in [7, 11) is 1.18. The second kappa shape index (κ2) is 8.25. The number of anilines is 2. The molecule has 0 saturated carbocycles. The second-order valence-electron chi connectivity index (χ2n) is 4.91. The van der Waals surface area contributed by atoms with E-state index in [1.54, 1.807) is 18.3 Å². The van der Waals surface area contributed by atoms with Crippen molar-refractivity contribution in [2.75, 3.05) is 18.3 Å². The number of carbonyl (C=O) groups excluding carboxylic acids is 2. The van der Waals surface area contributed by atoms with E-state index in [1.807, 2.05) is 0 Å². The number of nitrogens with two attached hydrogens (primary N) is 1. The highest BCUT2D eigenvalue weighted by atomic mass is 35.5. The van der Waals surface area contributed by atoms with Gasteiger partial charge in [-0.3, -0.25) is 14.3 Å². The fourth-order valence-electron chi connectivity index (χ4n) is 2.20. The number of hydrogen-bond donors (Lipinski definition) is 2. The molecule has 1 amide bonds. The van der Waals surface area contributed by atoms with Gasteiger partial charge in [-0.05, 0) is 12.1 Å². The summed E-state index contributed by atoms with van der Waals surface area (Å²) in [6, 6.07) is 3.37. The third-order valence-corrected chi connectivity index (χ3v) is 3.39. The number of alkyl halides is 1. The molecule has 0 atom stereocenters. The van der Waals surface area contributed by atoms with Crippen molar-refractivity contribution in [1.29, 1.82) is 0 Å². The van der Waals surface area contributed by atoms with Crippen LogP contribution >= 0.6 is 11.6 Å². The van der Waals surface area contributed by atoms with E-state index in [2.05, 4.69) is 15.3 Å². The van der Waals surface area contributed by atoms with Crippen LogP contribution < -0.4 is 16.7 Å². The van der Waals surface area contributed by atoms with Crippen LogP contribution in [-0.4, -0.2) is 39.4 Å². The normalized spacial score (nSPS) is 10.3. The van der Waals surface area contributed by atoms with Crippen LogP contribution in [0.3, 0.4) is 0 Å². The number of hydrogen-bond acceptors (Lipinski definition) is 7. The molecule has 2 heterocycles. The first-order chi connectivity index (χ1) is 12.0. The minimum atomic E-state index is -0.765. The van der Waals surface area contributed by atoms with Crippen LogP contribution in [0.2, 0.25) is 0 Å². The van der Waals surface area contributed by atoms with E-state index in [4.69, 9.17) is 22.1 Å². The van der Waals surface area contributed by atoms with Gasteiger partial charge in [0.15, 0.2) is 0 Å². The summed E-state index contributed by atoms with van der Waals surface area (Å²) >= 11 is 5.75. The zero-order chi connectivity index (χ0) is 18.4. The van der Waals surface area contributed by atoms with Gasteiger partial charge in [0.1, 0.15) is 11.4 Å². The van der Waals surface area contributed by atoms with E-state index in [0.717, 1.165) is 0 Å². The molecule has 0 radical (unpaired) electrons. The second-order valence-corrected chi connectivity index (χ2v) is 5.28. The lowest BCUT2D eigenvalue weighted by Gasteiger charge is -2.18. The molecular formula is C15H16ClN5O4. The van der Waals surface area contributed by atoms with Crippen molar-refractivity contribution in [3.63, 3.8) is 0 Å². The lowest BCUT2D eigenvalue weighted by Crippen LogP contribution is -2.32. The van der Waals surface area contributed by atoms with Gasteiger partial charge in [0.25, 0.3) is 0 Å². The van der Waals surface area contributed by atoms with Crippen molar-refractivity contribution < 1.29 is 14.3 Å². The standard InChI is InChI=1S/C15H16ClN5O4/c1-25-14(23)12-10(7-11(17)22)20-15(24)21(6-4-16)13(12)19-9-3-2-5-18-8-9/h2-3,5,8,19H,4,6-7H2,1H3,(H2,17,22). The monoisotopic (exact) mass is 365 g/mol. The summed E-state index contributed by atoms with van der Waals surface area (Å²) < 4.78 is 5.97. The molecule has 9 nitrogen and oxygen atoms in total. The topological polar surface area (TPSA) is 129 Å². The Morgan fingerprint density at radius 1 is 1.44 bits per heavy atom. The lowest BCUT2D eigenvalue weighted by atomic mass is 10.1. The van der Waals surface area contributed by atoms with E-state index in [9.17, 15) is 14.4 Å². The smallest absolute Gasteiger partial charge is 0.349 e. The number of methoxy groups -OCH3 is 1. The quantitative estimate of drug-likeness (QED) is 0.537. The molecule has 2 rings (SSSR count). The van der Waals surface area contributed by atoms with Crippen molar-refractivity contribution in [2.24, 2.45) is 5.73 Å². The summed E-state index contributed by atoms with van der Waals surface area (Å²) in [4.78, 5) is 43.6. The summed E-state index contributed by atoms with van der Waals surface area (Å²) in [5.41, 5.74) is 4.91. The number of aromatic nitrogens is 3. The largest absolute Gasteiger partial charge is 0.465 e. The highest BCUT2D eigenvalue weighted by Crippen LogP contribution is 2.23. The van der Waals surface area contributed by atoms with E-state index in [1.165, 1.54) is 17.9 Å². The molecule has 132 valence electrons. The van der Waals surface area contributed by atoms with Crippen LogP contribution in [0.5, 0.6) is 0 Å². The number of amides is 1. The molecule has 0 aliphatic carbocycles. The zero-order valence-electron chi connectivity index (χ0n) is 13.4. The van der Waals surface area contributed by atoms with Gasteiger partial charge in [-0.2, -0.15) is 4.98 Å². The van der Waals surface area contributed by atoms with Crippen LogP contribution in [0.4, 0.5) is 11.5 Å². The van der Waals surface area contributed by atoms with Crippen LogP contribution in [0.15, 0.2) is 29.3 Å². The predicted octanol–water partition coefficient (Wildman–Crippen LogP) is 0.435. The Hall–Kier alpha value is -2.94. The molecule has 3 N–H and O–H groups in total. The lowest BCUT2D eigenvalue weighted by molar-refractivity contribution is -0.117. The number of primary amides is 1. The number of carbonyl (C=O) groups is 2. The van der Waals surface area contributed by atoms with Crippen molar-refractivity contribution in [3.8, 4) is 0 Å². The van der Waals surface area contributed by atoms with Crippen LogP contribution in [0.25, 0.3) is 0 Å². The number of halogens is 1. The molecule has 2 aromatic heterocycles. The number of ether oxygens (including phenoxy) is 1. The molecule has 0 unspecified atom stereocenters. The summed E-state index contributed by atoms with van der Waals surface area (Å²) in [5.74, 6) is -1.28. The maximum absolute atomic E-state index is 12.3. The van der Waals surface area contributed by atoms with Crippen molar-refractivity contribution in [2.45, 2.75) is 13.0 Å². The Morgan fingerprint density at radius 3 is 2.76 bits per heavy atom. The van der Waals surface area contributed by atoms with E-state index in [0.29, 0.717) is 5.69 Å². The van der Waals surface area contributed by atoms with Crippen molar-refractivity contribution in [1.82, 2.24) is 14.5 Å². The number of nitrogens with one attached hydrogen (secondary N) is 1. The molecule has 2 aromatic rings. The third-order valence-electron chi connectivity index (χ3n) is 3.22. The van der Waals surface area contributed by atoms with Gasteiger partial charge in [-0.25, -0.2) is 9.59 Å². The zero-order valence-corrected chi connectivity index (χ0v) is 14.1. The Morgan fingerprint density at radius 2 is 2.20 bits per heavy atom. The van der Waals surface area contributed by atoms with Gasteiger partial charge in [0.2, 0.25) is 5.91 Å². The molecule has 0 aromatic carbocycles. The highest BCUT2D eigenvalue weighted by molar-refractivity contribution is 6.17. The fourth-order valence-corrected chi connectivity index (χ4v) is 2.37. The number of pyridine rings is 1. The van der Waals surface area contributed by atoms with E-state index in [-0.39, 0.29) is 35.9 Å². The first-order valence-electron chi connectivity index (χ1n) is 7.21. The molecule has 10 heteroatoms. The molecule has 0 saturated heterocycles. The van der Waals surface area contributed by atoms with Gasteiger partial charge in [0, 0.05) is 18.6 Å². The Labute approximate surface area is 147 Å². The maximum atomic E-state index is 12.3. The summed E-state index contributed by atoms with van der Waals surface area (Å²) in [6.45, 7) is 0.0941. The average Bonchev–Trinajstić information content (AvgIpc) is 2.58.